The van der Waals surface area contributed by atoms with E-state index in [1.807, 2.05) is 43.3 Å². The molecule has 3 N–H and O–H groups in total. The van der Waals surface area contributed by atoms with Crippen molar-refractivity contribution < 1.29 is 29.0 Å². The predicted molar refractivity (Wildman–Crippen MR) is 123 cm³/mol. The fraction of sp³-hybridized carbons (Fsp3) is 0.400. The van der Waals surface area contributed by atoms with Crippen LogP contribution in [0.4, 0.5) is 4.79 Å². The Labute approximate surface area is 193 Å². The highest BCUT2D eigenvalue weighted by Crippen LogP contribution is 2.44. The molecule has 0 saturated carbocycles. The Balaban J connectivity index is 1.56. The van der Waals surface area contributed by atoms with E-state index in [0.717, 1.165) is 22.3 Å². The molecule has 1 aliphatic carbocycles. The minimum absolute atomic E-state index is 0.0727. The Morgan fingerprint density at radius 2 is 1.61 bits per heavy atom. The molecule has 1 aliphatic rings. The molecule has 3 rings (SSSR count). The molecular weight excluding hydrogens is 424 g/mol. The van der Waals surface area contributed by atoms with Gasteiger partial charge >= 0.3 is 12.1 Å². The number of nitrogens with one attached hydrogen (secondary N) is 2. The second-order valence-corrected chi connectivity index (χ2v) is 8.14. The van der Waals surface area contributed by atoms with Crippen molar-refractivity contribution in [3.8, 4) is 11.1 Å². The summed E-state index contributed by atoms with van der Waals surface area (Å²) < 4.78 is 10.6. The lowest BCUT2D eigenvalue weighted by Crippen LogP contribution is -2.51. The van der Waals surface area contributed by atoms with E-state index in [0.29, 0.717) is 6.42 Å². The van der Waals surface area contributed by atoms with Crippen molar-refractivity contribution >= 4 is 18.0 Å². The number of aliphatic carboxylic acids is 1. The number of carboxylic acid groups (broad SMARTS) is 1. The second kappa shape index (κ2) is 11.0. The average molecular weight is 455 g/mol. The summed E-state index contributed by atoms with van der Waals surface area (Å²) >= 11 is 0. The summed E-state index contributed by atoms with van der Waals surface area (Å²) in [5, 5.41) is 14.4. The van der Waals surface area contributed by atoms with Gasteiger partial charge < -0.3 is 25.2 Å². The number of amides is 2. The number of rotatable bonds is 10. The van der Waals surface area contributed by atoms with Gasteiger partial charge in [-0.05, 0) is 28.2 Å². The van der Waals surface area contributed by atoms with Gasteiger partial charge in [0.2, 0.25) is 0 Å². The zero-order valence-corrected chi connectivity index (χ0v) is 19.0. The van der Waals surface area contributed by atoms with Crippen molar-refractivity contribution in [2.45, 2.75) is 38.3 Å². The summed E-state index contributed by atoms with van der Waals surface area (Å²) in [7, 11) is 1.32. The van der Waals surface area contributed by atoms with E-state index in [-0.39, 0.29) is 25.0 Å². The van der Waals surface area contributed by atoms with Gasteiger partial charge in [0.25, 0.3) is 5.91 Å². The number of carboxylic acids is 1. The van der Waals surface area contributed by atoms with E-state index < -0.39 is 30.1 Å². The maximum absolute atomic E-state index is 12.5. The van der Waals surface area contributed by atoms with E-state index in [4.69, 9.17) is 9.47 Å². The smallest absolute Gasteiger partial charge is 0.407 e. The van der Waals surface area contributed by atoms with E-state index in [9.17, 15) is 19.5 Å². The van der Waals surface area contributed by atoms with Crippen LogP contribution in [0.3, 0.4) is 0 Å². The molecule has 0 radical (unpaired) electrons. The summed E-state index contributed by atoms with van der Waals surface area (Å²) in [6.07, 6.45) is -1.13. The molecule has 8 heteroatoms. The normalized spacial score (nSPS) is 15.0. The van der Waals surface area contributed by atoms with Gasteiger partial charge in [-0.3, -0.25) is 4.79 Å². The quantitative estimate of drug-likeness (QED) is 0.508. The third-order valence-corrected chi connectivity index (χ3v) is 6.13. The largest absolute Gasteiger partial charge is 0.480 e. The number of benzene rings is 2. The summed E-state index contributed by atoms with van der Waals surface area (Å²) in [6, 6.07) is 15.0. The number of fused-ring (bicyclic) bond motifs is 3. The summed E-state index contributed by atoms with van der Waals surface area (Å²) in [5.41, 5.74) is 4.47. The molecule has 0 heterocycles. The van der Waals surface area contributed by atoms with Crippen LogP contribution in [0.1, 0.15) is 37.3 Å². The first kappa shape index (κ1) is 24.3. The first-order valence-electron chi connectivity index (χ1n) is 11.0. The molecule has 33 heavy (non-hydrogen) atoms. The monoisotopic (exact) mass is 454 g/mol. The van der Waals surface area contributed by atoms with Crippen molar-refractivity contribution in [2.24, 2.45) is 5.92 Å². The molecule has 3 atom stereocenters. The molecule has 1 unspecified atom stereocenters. The van der Waals surface area contributed by atoms with Crippen LogP contribution in [0.2, 0.25) is 0 Å². The summed E-state index contributed by atoms with van der Waals surface area (Å²) in [4.78, 5) is 36.3. The van der Waals surface area contributed by atoms with Gasteiger partial charge in [0.15, 0.2) is 6.10 Å². The fourth-order valence-electron chi connectivity index (χ4n) is 4.04. The van der Waals surface area contributed by atoms with Crippen LogP contribution in [0.25, 0.3) is 11.1 Å². The van der Waals surface area contributed by atoms with E-state index in [2.05, 4.69) is 22.8 Å². The van der Waals surface area contributed by atoms with Crippen molar-refractivity contribution in [2.75, 3.05) is 20.3 Å². The number of alkyl carbamates (subject to hydrolysis) is 1. The van der Waals surface area contributed by atoms with Crippen LogP contribution in [0.15, 0.2) is 48.5 Å². The lowest BCUT2D eigenvalue weighted by molar-refractivity contribution is -0.145. The molecule has 0 spiro atoms. The topological polar surface area (TPSA) is 114 Å². The van der Waals surface area contributed by atoms with Gasteiger partial charge in [-0.25, -0.2) is 9.59 Å². The molecule has 2 aromatic carbocycles. The lowest BCUT2D eigenvalue weighted by atomic mass is 9.98. The second-order valence-electron chi connectivity index (χ2n) is 8.14. The highest BCUT2D eigenvalue weighted by atomic mass is 16.5. The molecule has 8 nitrogen and oxygen atoms in total. The van der Waals surface area contributed by atoms with Crippen LogP contribution in [-0.2, 0) is 19.1 Å². The third kappa shape index (κ3) is 5.51. The molecule has 2 amide bonds. The highest BCUT2D eigenvalue weighted by molar-refractivity contribution is 5.87. The summed E-state index contributed by atoms with van der Waals surface area (Å²) in [6.45, 7) is 3.60. The zero-order chi connectivity index (χ0) is 24.0. The molecule has 176 valence electrons. The Morgan fingerprint density at radius 1 is 1.03 bits per heavy atom. The van der Waals surface area contributed by atoms with E-state index in [1.54, 1.807) is 6.92 Å². The van der Waals surface area contributed by atoms with Gasteiger partial charge in [0.05, 0.1) is 6.54 Å². The van der Waals surface area contributed by atoms with E-state index >= 15 is 0 Å². The van der Waals surface area contributed by atoms with Crippen LogP contribution >= 0.6 is 0 Å². The van der Waals surface area contributed by atoms with Crippen LogP contribution in [0, 0.1) is 5.92 Å². The maximum Gasteiger partial charge on any atom is 0.407 e. The zero-order valence-electron chi connectivity index (χ0n) is 19.0. The van der Waals surface area contributed by atoms with Crippen molar-refractivity contribution in [3.05, 3.63) is 59.7 Å². The number of ether oxygens (including phenoxy) is 2. The number of hydrogen-bond donors (Lipinski definition) is 3. The number of hydrogen-bond acceptors (Lipinski definition) is 5. The Morgan fingerprint density at radius 3 is 2.12 bits per heavy atom. The Kier molecular flexibility index (Phi) is 8.06. The molecule has 0 aromatic heterocycles. The minimum atomic E-state index is -1.11. The molecule has 2 aromatic rings. The predicted octanol–water partition coefficient (Wildman–Crippen LogP) is 3.16. The van der Waals surface area contributed by atoms with Gasteiger partial charge in [-0.15, -0.1) is 0 Å². The lowest BCUT2D eigenvalue weighted by Gasteiger charge is -2.23. The molecule has 0 saturated heterocycles. The van der Waals surface area contributed by atoms with Crippen LogP contribution in [0.5, 0.6) is 0 Å². The molecule has 0 fully saturated rings. The highest BCUT2D eigenvalue weighted by Gasteiger charge is 2.30. The van der Waals surface area contributed by atoms with Gasteiger partial charge in [-0.1, -0.05) is 68.8 Å². The van der Waals surface area contributed by atoms with E-state index in [1.165, 1.54) is 7.11 Å². The fourth-order valence-corrected chi connectivity index (χ4v) is 4.04. The first-order valence-corrected chi connectivity index (χ1v) is 11.0. The number of methoxy groups -OCH3 is 1. The first-order chi connectivity index (χ1) is 15.9. The van der Waals surface area contributed by atoms with Gasteiger partial charge in [-0.2, -0.15) is 0 Å². The number of carbonyl (C=O) groups is 3. The SMILES string of the molecule is CC[C@H](C)[C@H](NC(=O)C(CNC(=O)OCC1c2ccccc2-c2ccccc21)OC)C(=O)O. The standard InChI is InChI=1S/C25H30N2O6/c1-4-15(2)22(24(29)30)27-23(28)21(32-3)13-26-25(31)33-14-20-18-11-7-5-9-16(18)17-10-6-8-12-19(17)20/h5-12,15,20-22H,4,13-14H2,1-3H3,(H,26,31)(H,27,28)(H,29,30)/t15-,21?,22-/m0/s1. The summed E-state index contributed by atoms with van der Waals surface area (Å²) in [5.74, 6) is -2.04. The van der Waals surface area contributed by atoms with Crippen molar-refractivity contribution in [1.29, 1.82) is 0 Å². The maximum atomic E-state index is 12.5. The third-order valence-electron chi connectivity index (χ3n) is 6.13. The minimum Gasteiger partial charge on any atom is -0.480 e. The van der Waals surface area contributed by atoms with Gasteiger partial charge in [0, 0.05) is 13.0 Å². The molecular formula is C25H30N2O6. The van der Waals surface area contributed by atoms with Crippen LogP contribution < -0.4 is 10.6 Å². The molecule has 0 aliphatic heterocycles. The average Bonchev–Trinajstić information content (AvgIpc) is 3.14. The van der Waals surface area contributed by atoms with Crippen LogP contribution in [-0.4, -0.2) is 55.5 Å². The Hall–Kier alpha value is -3.39. The van der Waals surface area contributed by atoms with Crippen molar-refractivity contribution in [1.82, 2.24) is 10.6 Å². The molecule has 0 bridgehead atoms. The van der Waals surface area contributed by atoms with Gasteiger partial charge in [0.1, 0.15) is 12.6 Å². The van der Waals surface area contributed by atoms with Crippen molar-refractivity contribution in [3.63, 3.8) is 0 Å². The number of carbonyl (C=O) groups excluding carboxylic acids is 2. The Bertz CT molecular complexity index is 962.